The maximum Gasteiger partial charge on any atom is 0.294 e. The lowest BCUT2D eigenvalue weighted by Gasteiger charge is -2.00. The minimum Gasteiger partial charge on any atom is -0.388 e. The zero-order valence-electron chi connectivity index (χ0n) is 10.5. The molecule has 1 aliphatic rings. The number of rotatable bonds is 5. The van der Waals surface area contributed by atoms with Gasteiger partial charge in [-0.15, -0.1) is 16.4 Å². The molecule has 1 atom stereocenters. The molecule has 0 saturated heterocycles. The molecular formula is C10H11N5O3S2. The second-order valence-electron chi connectivity index (χ2n) is 4.49. The van der Waals surface area contributed by atoms with Crippen molar-refractivity contribution in [1.82, 2.24) is 20.2 Å². The van der Waals surface area contributed by atoms with E-state index in [2.05, 4.69) is 15.5 Å². The fourth-order valence-electron chi connectivity index (χ4n) is 1.67. The molecular weight excluding hydrogens is 302 g/mol. The standard InChI is InChI=1S/C10H11N5O3S2/c1-5(16)8-4-7(15(17)18)9(19-8)20-10-11-12-13-14(10)6-2-3-6/h4-6,16H,2-3H2,1H3/t5-/m1/s1. The highest BCUT2D eigenvalue weighted by Gasteiger charge is 2.30. The molecule has 3 rings (SSSR count). The van der Waals surface area contributed by atoms with Gasteiger partial charge in [0.05, 0.1) is 17.1 Å². The van der Waals surface area contributed by atoms with Crippen molar-refractivity contribution in [2.45, 2.75) is 41.3 Å². The molecule has 8 nitrogen and oxygen atoms in total. The molecule has 0 aromatic carbocycles. The van der Waals surface area contributed by atoms with Gasteiger partial charge in [0.25, 0.3) is 5.69 Å². The van der Waals surface area contributed by atoms with Gasteiger partial charge >= 0.3 is 0 Å². The van der Waals surface area contributed by atoms with E-state index in [1.807, 2.05) is 0 Å². The van der Waals surface area contributed by atoms with E-state index in [1.54, 1.807) is 11.6 Å². The molecule has 2 heterocycles. The lowest BCUT2D eigenvalue weighted by molar-refractivity contribution is -0.387. The number of nitrogens with zero attached hydrogens (tertiary/aromatic N) is 5. The predicted octanol–water partition coefficient (Wildman–Crippen LogP) is 2.18. The smallest absolute Gasteiger partial charge is 0.294 e. The van der Waals surface area contributed by atoms with Crippen molar-refractivity contribution in [3.63, 3.8) is 0 Å². The topological polar surface area (TPSA) is 107 Å². The van der Waals surface area contributed by atoms with Crippen LogP contribution in [0.4, 0.5) is 5.69 Å². The fourth-order valence-corrected chi connectivity index (χ4v) is 3.91. The summed E-state index contributed by atoms with van der Waals surface area (Å²) in [6.07, 6.45) is 1.33. The molecule has 20 heavy (non-hydrogen) atoms. The first-order valence-electron chi connectivity index (χ1n) is 5.98. The molecule has 10 heteroatoms. The maximum atomic E-state index is 11.1. The summed E-state index contributed by atoms with van der Waals surface area (Å²) in [5.41, 5.74) is -0.0127. The van der Waals surface area contributed by atoms with Gasteiger partial charge in [-0.25, -0.2) is 4.68 Å². The van der Waals surface area contributed by atoms with Gasteiger partial charge in [-0.2, -0.15) is 0 Å². The SMILES string of the molecule is C[C@@H](O)c1cc([N+](=O)[O-])c(Sc2nnnn2C2CC2)s1. The lowest BCUT2D eigenvalue weighted by Crippen LogP contribution is -1.98. The summed E-state index contributed by atoms with van der Waals surface area (Å²) in [6.45, 7) is 1.58. The van der Waals surface area contributed by atoms with Crippen LogP contribution in [0.2, 0.25) is 0 Å². The highest BCUT2D eigenvalue weighted by molar-refractivity contribution is 8.01. The highest BCUT2D eigenvalue weighted by atomic mass is 32.2. The van der Waals surface area contributed by atoms with E-state index < -0.39 is 11.0 Å². The normalized spacial score (nSPS) is 16.3. The minimum atomic E-state index is -0.729. The van der Waals surface area contributed by atoms with Crippen molar-refractivity contribution in [2.75, 3.05) is 0 Å². The van der Waals surface area contributed by atoms with Crippen LogP contribution in [0, 0.1) is 10.1 Å². The quantitative estimate of drug-likeness (QED) is 0.666. The molecule has 0 aliphatic heterocycles. The van der Waals surface area contributed by atoms with Crippen molar-refractivity contribution < 1.29 is 10.0 Å². The summed E-state index contributed by atoms with van der Waals surface area (Å²) in [5, 5.41) is 32.6. The van der Waals surface area contributed by atoms with Gasteiger partial charge in [-0.05, 0) is 42.0 Å². The van der Waals surface area contributed by atoms with E-state index in [4.69, 9.17) is 0 Å². The zero-order chi connectivity index (χ0) is 14.3. The van der Waals surface area contributed by atoms with Crippen LogP contribution in [0.5, 0.6) is 0 Å². The Bertz CT molecular complexity index is 649. The summed E-state index contributed by atoms with van der Waals surface area (Å²) >= 11 is 2.37. The average Bonchev–Trinajstić information content (AvgIpc) is 2.97. The molecule has 1 N–H and O–H groups in total. The van der Waals surface area contributed by atoms with Crippen molar-refractivity contribution in [2.24, 2.45) is 0 Å². The van der Waals surface area contributed by atoms with E-state index in [0.717, 1.165) is 12.8 Å². The molecule has 0 bridgehead atoms. The van der Waals surface area contributed by atoms with Crippen LogP contribution >= 0.6 is 23.1 Å². The van der Waals surface area contributed by atoms with E-state index in [1.165, 1.54) is 29.2 Å². The highest BCUT2D eigenvalue weighted by Crippen LogP contribution is 2.44. The summed E-state index contributed by atoms with van der Waals surface area (Å²) in [7, 11) is 0. The zero-order valence-corrected chi connectivity index (χ0v) is 12.1. The molecule has 2 aromatic heterocycles. The van der Waals surface area contributed by atoms with Gasteiger partial charge in [-0.1, -0.05) is 0 Å². The van der Waals surface area contributed by atoms with Gasteiger partial charge in [0.15, 0.2) is 0 Å². The van der Waals surface area contributed by atoms with Crippen LogP contribution in [0.15, 0.2) is 15.4 Å². The second kappa shape index (κ2) is 5.11. The number of thiophene rings is 1. The number of tetrazole rings is 1. The third-order valence-corrected chi connectivity index (χ3v) is 5.28. The number of aliphatic hydroxyl groups excluding tert-OH is 1. The van der Waals surface area contributed by atoms with Crippen molar-refractivity contribution in [3.05, 3.63) is 21.1 Å². The average molecular weight is 313 g/mol. The van der Waals surface area contributed by atoms with Crippen LogP contribution in [0.25, 0.3) is 0 Å². The first-order chi connectivity index (χ1) is 9.56. The Morgan fingerprint density at radius 2 is 2.40 bits per heavy atom. The van der Waals surface area contributed by atoms with E-state index in [-0.39, 0.29) is 5.69 Å². The van der Waals surface area contributed by atoms with E-state index in [0.29, 0.717) is 20.3 Å². The molecule has 2 aromatic rings. The van der Waals surface area contributed by atoms with Crippen LogP contribution in [-0.4, -0.2) is 30.2 Å². The van der Waals surface area contributed by atoms with Crippen molar-refractivity contribution in [1.29, 1.82) is 0 Å². The van der Waals surface area contributed by atoms with Gasteiger partial charge in [0.1, 0.15) is 4.21 Å². The second-order valence-corrected chi connectivity index (χ2v) is 6.81. The Kier molecular flexibility index (Phi) is 3.44. The lowest BCUT2D eigenvalue weighted by atomic mass is 10.3. The Balaban J connectivity index is 1.92. The van der Waals surface area contributed by atoms with Crippen LogP contribution < -0.4 is 0 Å². The molecule has 1 fully saturated rings. The number of nitro groups is 1. The van der Waals surface area contributed by atoms with Crippen molar-refractivity contribution >= 4 is 28.8 Å². The summed E-state index contributed by atoms with van der Waals surface area (Å²) in [5.74, 6) is 0. The van der Waals surface area contributed by atoms with Crippen LogP contribution in [0.3, 0.4) is 0 Å². The number of aliphatic hydroxyl groups is 1. The summed E-state index contributed by atoms with van der Waals surface area (Å²) < 4.78 is 2.19. The molecule has 0 spiro atoms. The monoisotopic (exact) mass is 313 g/mol. The Hall–Kier alpha value is -1.52. The fraction of sp³-hybridized carbons (Fsp3) is 0.500. The molecule has 1 aliphatic carbocycles. The molecule has 106 valence electrons. The van der Waals surface area contributed by atoms with E-state index >= 15 is 0 Å². The first kappa shape index (κ1) is 13.5. The number of aromatic nitrogens is 4. The minimum absolute atomic E-state index is 0.0127. The number of hydrogen-bond donors (Lipinski definition) is 1. The molecule has 1 saturated carbocycles. The number of hydrogen-bond acceptors (Lipinski definition) is 8. The van der Waals surface area contributed by atoms with Gasteiger partial charge in [0, 0.05) is 10.9 Å². The van der Waals surface area contributed by atoms with Gasteiger partial charge < -0.3 is 5.11 Å². The Labute approximate surface area is 122 Å². The van der Waals surface area contributed by atoms with Crippen LogP contribution in [-0.2, 0) is 0 Å². The van der Waals surface area contributed by atoms with Gasteiger partial charge in [0.2, 0.25) is 5.16 Å². The maximum absolute atomic E-state index is 11.1. The third-order valence-electron chi connectivity index (χ3n) is 2.85. The van der Waals surface area contributed by atoms with E-state index in [9.17, 15) is 15.2 Å². The third kappa shape index (κ3) is 2.53. The molecule has 0 unspecified atom stereocenters. The largest absolute Gasteiger partial charge is 0.388 e. The molecule has 0 amide bonds. The van der Waals surface area contributed by atoms with Crippen molar-refractivity contribution in [3.8, 4) is 0 Å². The summed E-state index contributed by atoms with van der Waals surface area (Å²) in [4.78, 5) is 11.2. The predicted molar refractivity (Wildman–Crippen MR) is 71.8 cm³/mol. The first-order valence-corrected chi connectivity index (χ1v) is 7.61. The molecule has 0 radical (unpaired) electrons. The van der Waals surface area contributed by atoms with Crippen LogP contribution in [0.1, 0.15) is 36.8 Å². The van der Waals surface area contributed by atoms with Gasteiger partial charge in [-0.3, -0.25) is 10.1 Å². The summed E-state index contributed by atoms with van der Waals surface area (Å²) in [6, 6.07) is 1.71. The Morgan fingerprint density at radius 1 is 1.65 bits per heavy atom. The Morgan fingerprint density at radius 3 is 3.00 bits per heavy atom.